The molecule has 1 atom stereocenters. The Labute approximate surface area is 114 Å². The van der Waals surface area contributed by atoms with E-state index in [1.54, 1.807) is 0 Å². The van der Waals surface area contributed by atoms with E-state index in [1.807, 2.05) is 0 Å². The van der Waals surface area contributed by atoms with Crippen LogP contribution in [-0.2, 0) is 0 Å². The largest absolute Gasteiger partial charge is 0.324 e. The molecule has 0 saturated heterocycles. The Hall–Kier alpha value is -0.340. The highest BCUT2D eigenvalue weighted by Crippen LogP contribution is 2.26. The van der Waals surface area contributed by atoms with Gasteiger partial charge in [0.15, 0.2) is 0 Å². The van der Waals surface area contributed by atoms with Gasteiger partial charge in [0.2, 0.25) is 0 Å². The maximum Gasteiger partial charge on any atom is 0.0306 e. The van der Waals surface area contributed by atoms with E-state index in [0.29, 0.717) is 0 Å². The van der Waals surface area contributed by atoms with Crippen molar-refractivity contribution in [2.45, 2.75) is 58.4 Å². The molecule has 2 N–H and O–H groups in total. The van der Waals surface area contributed by atoms with Crippen LogP contribution in [0.3, 0.4) is 0 Å². The van der Waals surface area contributed by atoms with Crippen molar-refractivity contribution in [2.75, 3.05) is 0 Å². The van der Waals surface area contributed by atoms with Crippen LogP contribution >= 0.6 is 15.9 Å². The third kappa shape index (κ3) is 5.22. The second-order valence-corrected chi connectivity index (χ2v) is 5.69. The van der Waals surface area contributed by atoms with Crippen LogP contribution < -0.4 is 5.73 Å². The molecule has 1 rings (SSSR count). The molecule has 0 fully saturated rings. The Morgan fingerprint density at radius 2 is 1.88 bits per heavy atom. The molecule has 0 heterocycles. The molecule has 17 heavy (non-hydrogen) atoms. The first kappa shape index (κ1) is 14.7. The second-order valence-electron chi connectivity index (χ2n) is 4.83. The van der Waals surface area contributed by atoms with Crippen LogP contribution in [0.2, 0.25) is 0 Å². The maximum absolute atomic E-state index is 6.25. The van der Waals surface area contributed by atoms with E-state index in [4.69, 9.17) is 5.73 Å². The molecular weight excluding hydrogens is 274 g/mol. The van der Waals surface area contributed by atoms with Gasteiger partial charge < -0.3 is 5.73 Å². The van der Waals surface area contributed by atoms with Gasteiger partial charge in [-0.2, -0.15) is 0 Å². The lowest BCUT2D eigenvalue weighted by Gasteiger charge is -2.14. The van der Waals surface area contributed by atoms with Crippen molar-refractivity contribution >= 4 is 15.9 Å². The van der Waals surface area contributed by atoms with Gasteiger partial charge in [-0.1, -0.05) is 72.7 Å². The summed E-state index contributed by atoms with van der Waals surface area (Å²) in [6.07, 6.45) is 7.63. The van der Waals surface area contributed by atoms with Crippen molar-refractivity contribution in [3.8, 4) is 0 Å². The first-order chi connectivity index (χ1) is 8.15. The van der Waals surface area contributed by atoms with Gasteiger partial charge in [0, 0.05) is 10.5 Å². The molecule has 96 valence electrons. The molecule has 0 bridgehead atoms. The van der Waals surface area contributed by atoms with E-state index in [2.05, 4.69) is 48.0 Å². The minimum Gasteiger partial charge on any atom is -0.324 e. The summed E-state index contributed by atoms with van der Waals surface area (Å²) in [5.41, 5.74) is 8.78. The van der Waals surface area contributed by atoms with Crippen LogP contribution in [0.25, 0.3) is 0 Å². The zero-order valence-electron chi connectivity index (χ0n) is 11.0. The molecule has 0 spiro atoms. The highest BCUT2D eigenvalue weighted by Gasteiger charge is 2.09. The Morgan fingerprint density at radius 3 is 2.59 bits per heavy atom. The molecule has 0 aromatic heterocycles. The first-order valence-electron chi connectivity index (χ1n) is 6.66. The third-order valence-electron chi connectivity index (χ3n) is 3.17. The zero-order valence-corrected chi connectivity index (χ0v) is 12.6. The number of hydrogen-bond acceptors (Lipinski definition) is 1. The van der Waals surface area contributed by atoms with Crippen molar-refractivity contribution in [3.05, 3.63) is 33.8 Å². The van der Waals surface area contributed by atoms with Crippen LogP contribution in [0.4, 0.5) is 0 Å². The first-order valence-corrected chi connectivity index (χ1v) is 7.46. The summed E-state index contributed by atoms with van der Waals surface area (Å²) < 4.78 is 1.14. The van der Waals surface area contributed by atoms with E-state index < -0.39 is 0 Å². The lowest BCUT2D eigenvalue weighted by molar-refractivity contribution is 0.554. The molecule has 0 radical (unpaired) electrons. The van der Waals surface area contributed by atoms with E-state index in [0.717, 1.165) is 10.9 Å². The average molecular weight is 298 g/mol. The number of aryl methyl sites for hydroxylation is 1. The summed E-state index contributed by atoms with van der Waals surface area (Å²) in [6, 6.07) is 6.58. The third-order valence-corrected chi connectivity index (χ3v) is 3.89. The van der Waals surface area contributed by atoms with Crippen LogP contribution in [0.1, 0.15) is 62.6 Å². The highest BCUT2D eigenvalue weighted by atomic mass is 79.9. The zero-order chi connectivity index (χ0) is 12.7. The molecule has 1 aromatic rings. The number of benzene rings is 1. The molecule has 0 amide bonds. The normalized spacial score (nSPS) is 12.7. The molecule has 1 aromatic carbocycles. The quantitative estimate of drug-likeness (QED) is 0.695. The fourth-order valence-corrected chi connectivity index (χ4v) is 2.61. The molecule has 0 saturated carbocycles. The van der Waals surface area contributed by atoms with Crippen molar-refractivity contribution in [2.24, 2.45) is 5.73 Å². The molecule has 0 aliphatic heterocycles. The molecule has 1 nitrogen and oxygen atoms in total. The highest BCUT2D eigenvalue weighted by molar-refractivity contribution is 9.10. The van der Waals surface area contributed by atoms with Crippen LogP contribution in [0.15, 0.2) is 22.7 Å². The van der Waals surface area contributed by atoms with E-state index in [-0.39, 0.29) is 6.04 Å². The number of rotatable bonds is 7. The topological polar surface area (TPSA) is 26.0 Å². The Kier molecular flexibility index (Phi) is 6.83. The number of halogens is 1. The molecular formula is C15H24BrN. The standard InChI is InChI=1S/C15H24BrN/c1-3-4-5-6-7-8-15(17)13-11-12(2)9-10-14(13)16/h9-11,15H,3-8,17H2,1-2H3. The molecule has 2 heteroatoms. The minimum absolute atomic E-state index is 0.172. The smallest absolute Gasteiger partial charge is 0.0306 e. The van der Waals surface area contributed by atoms with Crippen LogP contribution in [0.5, 0.6) is 0 Å². The Morgan fingerprint density at radius 1 is 1.18 bits per heavy atom. The monoisotopic (exact) mass is 297 g/mol. The van der Waals surface area contributed by atoms with Gasteiger partial charge in [0.05, 0.1) is 0 Å². The van der Waals surface area contributed by atoms with Gasteiger partial charge in [-0.15, -0.1) is 0 Å². The van der Waals surface area contributed by atoms with Gasteiger partial charge in [0.25, 0.3) is 0 Å². The van der Waals surface area contributed by atoms with Crippen molar-refractivity contribution in [1.29, 1.82) is 0 Å². The summed E-state index contributed by atoms with van der Waals surface area (Å²) in [5.74, 6) is 0. The van der Waals surface area contributed by atoms with Gasteiger partial charge >= 0.3 is 0 Å². The van der Waals surface area contributed by atoms with Gasteiger partial charge in [-0.3, -0.25) is 0 Å². The predicted octanol–water partition coefficient (Wildman–Crippen LogP) is 5.12. The van der Waals surface area contributed by atoms with Gasteiger partial charge in [0.1, 0.15) is 0 Å². The Bertz CT molecular complexity index is 336. The maximum atomic E-state index is 6.25. The molecule has 1 unspecified atom stereocenters. The van der Waals surface area contributed by atoms with Crippen molar-refractivity contribution in [3.63, 3.8) is 0 Å². The fraction of sp³-hybridized carbons (Fsp3) is 0.600. The summed E-state index contributed by atoms with van der Waals surface area (Å²) in [4.78, 5) is 0. The van der Waals surface area contributed by atoms with Crippen molar-refractivity contribution < 1.29 is 0 Å². The fourth-order valence-electron chi connectivity index (χ4n) is 2.07. The average Bonchev–Trinajstić information content (AvgIpc) is 2.32. The summed E-state index contributed by atoms with van der Waals surface area (Å²) in [6.45, 7) is 4.36. The second kappa shape index (κ2) is 7.88. The van der Waals surface area contributed by atoms with Crippen LogP contribution in [0, 0.1) is 6.92 Å². The molecule has 0 aliphatic carbocycles. The van der Waals surface area contributed by atoms with E-state index in [1.165, 1.54) is 43.2 Å². The van der Waals surface area contributed by atoms with E-state index in [9.17, 15) is 0 Å². The summed E-state index contributed by atoms with van der Waals surface area (Å²) in [7, 11) is 0. The van der Waals surface area contributed by atoms with Gasteiger partial charge in [-0.05, 0) is 25.0 Å². The minimum atomic E-state index is 0.172. The van der Waals surface area contributed by atoms with Crippen molar-refractivity contribution in [1.82, 2.24) is 0 Å². The summed E-state index contributed by atoms with van der Waals surface area (Å²) >= 11 is 3.58. The van der Waals surface area contributed by atoms with Gasteiger partial charge in [-0.25, -0.2) is 0 Å². The predicted molar refractivity (Wildman–Crippen MR) is 79.2 cm³/mol. The number of unbranched alkanes of at least 4 members (excludes halogenated alkanes) is 4. The van der Waals surface area contributed by atoms with E-state index >= 15 is 0 Å². The summed E-state index contributed by atoms with van der Waals surface area (Å²) in [5, 5.41) is 0. The SMILES string of the molecule is CCCCCCCC(N)c1cc(C)ccc1Br. The number of hydrogen-bond donors (Lipinski definition) is 1. The Balaban J connectivity index is 2.41. The van der Waals surface area contributed by atoms with Crippen LogP contribution in [-0.4, -0.2) is 0 Å². The molecule has 0 aliphatic rings. The lowest BCUT2D eigenvalue weighted by Crippen LogP contribution is -2.11. The number of nitrogens with two attached hydrogens (primary N) is 1. The lowest BCUT2D eigenvalue weighted by atomic mass is 9.99.